The van der Waals surface area contributed by atoms with E-state index in [0.29, 0.717) is 0 Å². The Morgan fingerprint density at radius 1 is 1.31 bits per heavy atom. The van der Waals surface area contributed by atoms with Crippen molar-refractivity contribution in [1.29, 1.82) is 0 Å². The third-order valence-corrected chi connectivity index (χ3v) is 1.69. The van der Waals surface area contributed by atoms with E-state index < -0.39 is 29.6 Å². The molecular weight excluding hydrogens is 224 g/mol. The minimum Gasteiger partial charge on any atom is -0.507 e. The van der Waals surface area contributed by atoms with Gasteiger partial charge in [0.05, 0.1) is 0 Å². The van der Waals surface area contributed by atoms with Gasteiger partial charge in [0.1, 0.15) is 11.3 Å². The van der Waals surface area contributed by atoms with Crippen molar-refractivity contribution in [3.05, 3.63) is 23.8 Å². The Morgan fingerprint density at radius 2 is 1.94 bits per heavy atom. The van der Waals surface area contributed by atoms with Crippen LogP contribution in [0.5, 0.6) is 5.75 Å². The van der Waals surface area contributed by atoms with Crippen LogP contribution in [0.15, 0.2) is 18.2 Å². The minimum absolute atomic E-state index is 0.125. The molecule has 5 nitrogen and oxygen atoms in total. The summed E-state index contributed by atoms with van der Waals surface area (Å²) >= 11 is 0. The molecule has 16 heavy (non-hydrogen) atoms. The lowest BCUT2D eigenvalue weighted by atomic mass is 10.2. The summed E-state index contributed by atoms with van der Waals surface area (Å²) in [6, 6.07) is 2.99. The molecule has 0 unspecified atom stereocenters. The first-order valence-corrected chi connectivity index (χ1v) is 4.07. The maximum Gasteiger partial charge on any atom is 0.339 e. The Balaban J connectivity index is 2.95. The number of amides is 1. The zero-order chi connectivity index (χ0) is 12.3. The summed E-state index contributed by atoms with van der Waals surface area (Å²) in [6.07, 6.45) is -3.19. The second-order valence-electron chi connectivity index (χ2n) is 2.83. The molecule has 0 aliphatic heterocycles. The summed E-state index contributed by atoms with van der Waals surface area (Å²) in [5.41, 5.74) is -0.604. The average Bonchev–Trinajstić information content (AvgIpc) is 2.20. The topological polar surface area (TPSA) is 86.6 Å². The molecule has 1 aromatic carbocycles. The number of carbonyl (C=O) groups excluding carboxylic acids is 1. The van der Waals surface area contributed by atoms with Gasteiger partial charge in [0, 0.05) is 5.69 Å². The first kappa shape index (κ1) is 11.9. The van der Waals surface area contributed by atoms with Gasteiger partial charge < -0.3 is 15.5 Å². The van der Waals surface area contributed by atoms with E-state index in [1.807, 2.05) is 0 Å². The number of nitrogens with one attached hydrogen (secondary N) is 1. The molecule has 7 heteroatoms. The molecule has 0 spiro atoms. The number of rotatable bonds is 3. The predicted octanol–water partition coefficient (Wildman–Crippen LogP) is 1.29. The monoisotopic (exact) mass is 231 g/mol. The lowest BCUT2D eigenvalue weighted by Crippen LogP contribution is -2.20. The maximum atomic E-state index is 11.9. The largest absolute Gasteiger partial charge is 0.507 e. The number of aromatic carboxylic acids is 1. The molecule has 0 saturated heterocycles. The summed E-state index contributed by atoms with van der Waals surface area (Å²) in [5.74, 6) is -3.48. The van der Waals surface area contributed by atoms with E-state index in [1.54, 1.807) is 5.32 Å². The van der Waals surface area contributed by atoms with Crippen LogP contribution in [-0.4, -0.2) is 28.5 Å². The van der Waals surface area contributed by atoms with Gasteiger partial charge in [0.15, 0.2) is 0 Å². The van der Waals surface area contributed by atoms with E-state index in [4.69, 9.17) is 10.2 Å². The van der Waals surface area contributed by atoms with Crippen LogP contribution < -0.4 is 5.32 Å². The van der Waals surface area contributed by atoms with Crippen molar-refractivity contribution in [3.63, 3.8) is 0 Å². The number of anilines is 1. The SMILES string of the molecule is O=C(O)c1cc(NC(=O)C(F)F)ccc1O. The highest BCUT2D eigenvalue weighted by Crippen LogP contribution is 2.21. The minimum atomic E-state index is -3.19. The summed E-state index contributed by atoms with van der Waals surface area (Å²) in [7, 11) is 0. The van der Waals surface area contributed by atoms with Gasteiger partial charge in [-0.2, -0.15) is 8.78 Å². The molecular formula is C9H7F2NO4. The Labute approximate surface area is 88.3 Å². The van der Waals surface area contributed by atoms with Gasteiger partial charge in [0.2, 0.25) is 0 Å². The summed E-state index contributed by atoms with van der Waals surface area (Å²) in [5, 5.41) is 19.5. The fraction of sp³-hybridized carbons (Fsp3) is 0.111. The summed E-state index contributed by atoms with van der Waals surface area (Å²) in [6.45, 7) is 0. The number of alkyl halides is 2. The number of hydrogen-bond donors (Lipinski definition) is 3. The van der Waals surface area contributed by atoms with Gasteiger partial charge >= 0.3 is 12.4 Å². The number of phenols is 1. The van der Waals surface area contributed by atoms with E-state index in [-0.39, 0.29) is 5.69 Å². The van der Waals surface area contributed by atoms with Crippen molar-refractivity contribution in [2.75, 3.05) is 5.32 Å². The van der Waals surface area contributed by atoms with E-state index in [9.17, 15) is 18.4 Å². The lowest BCUT2D eigenvalue weighted by molar-refractivity contribution is -0.126. The predicted molar refractivity (Wildman–Crippen MR) is 49.7 cm³/mol. The van der Waals surface area contributed by atoms with Crippen molar-refractivity contribution in [2.24, 2.45) is 0 Å². The Bertz CT molecular complexity index is 434. The molecule has 1 aromatic rings. The fourth-order valence-corrected chi connectivity index (χ4v) is 0.982. The molecule has 0 heterocycles. The molecule has 0 aliphatic rings. The summed E-state index contributed by atoms with van der Waals surface area (Å²) < 4.78 is 23.7. The molecule has 0 atom stereocenters. The average molecular weight is 231 g/mol. The Hall–Kier alpha value is -2.18. The third kappa shape index (κ3) is 2.66. The number of hydrogen-bond acceptors (Lipinski definition) is 3. The molecule has 0 fully saturated rings. The lowest BCUT2D eigenvalue weighted by Gasteiger charge is -2.06. The molecule has 1 rings (SSSR count). The van der Waals surface area contributed by atoms with E-state index in [2.05, 4.69) is 0 Å². The zero-order valence-corrected chi connectivity index (χ0v) is 7.78. The molecule has 86 valence electrons. The molecule has 0 saturated carbocycles. The van der Waals surface area contributed by atoms with Crippen LogP contribution >= 0.6 is 0 Å². The van der Waals surface area contributed by atoms with E-state index >= 15 is 0 Å². The first-order chi connectivity index (χ1) is 7.41. The number of benzene rings is 1. The molecule has 0 aromatic heterocycles. The van der Waals surface area contributed by atoms with Crippen LogP contribution in [0, 0.1) is 0 Å². The van der Waals surface area contributed by atoms with Crippen molar-refractivity contribution in [3.8, 4) is 5.75 Å². The van der Waals surface area contributed by atoms with Gasteiger partial charge in [-0.15, -0.1) is 0 Å². The van der Waals surface area contributed by atoms with E-state index in [1.165, 1.54) is 0 Å². The van der Waals surface area contributed by atoms with E-state index in [0.717, 1.165) is 18.2 Å². The Kier molecular flexibility index (Phi) is 3.39. The van der Waals surface area contributed by atoms with Gasteiger partial charge in [-0.25, -0.2) is 4.79 Å². The van der Waals surface area contributed by atoms with Gasteiger partial charge in [-0.05, 0) is 18.2 Å². The Morgan fingerprint density at radius 3 is 2.44 bits per heavy atom. The molecule has 0 aliphatic carbocycles. The normalized spacial score (nSPS) is 10.2. The van der Waals surface area contributed by atoms with Crippen molar-refractivity contribution < 1.29 is 28.6 Å². The highest BCUT2D eigenvalue weighted by atomic mass is 19.3. The molecule has 1 amide bonds. The zero-order valence-electron chi connectivity index (χ0n) is 7.78. The third-order valence-electron chi connectivity index (χ3n) is 1.69. The van der Waals surface area contributed by atoms with Gasteiger partial charge in [0.25, 0.3) is 5.91 Å². The smallest absolute Gasteiger partial charge is 0.339 e. The van der Waals surface area contributed by atoms with Crippen molar-refractivity contribution in [2.45, 2.75) is 6.43 Å². The van der Waals surface area contributed by atoms with Crippen LogP contribution in [0.4, 0.5) is 14.5 Å². The number of halogens is 2. The number of carboxylic acid groups (broad SMARTS) is 1. The van der Waals surface area contributed by atoms with Crippen molar-refractivity contribution in [1.82, 2.24) is 0 Å². The number of carbonyl (C=O) groups is 2. The van der Waals surface area contributed by atoms with Crippen LogP contribution in [0.3, 0.4) is 0 Å². The first-order valence-electron chi connectivity index (χ1n) is 4.07. The maximum absolute atomic E-state index is 11.9. The number of carboxylic acids is 1. The highest BCUT2D eigenvalue weighted by molar-refractivity contribution is 5.96. The molecule has 0 bridgehead atoms. The van der Waals surface area contributed by atoms with Gasteiger partial charge in [-0.1, -0.05) is 0 Å². The molecule has 3 N–H and O–H groups in total. The van der Waals surface area contributed by atoms with Crippen LogP contribution in [0.25, 0.3) is 0 Å². The second kappa shape index (κ2) is 4.56. The standard InChI is InChI=1S/C9H7F2NO4/c10-7(11)8(14)12-4-1-2-6(13)5(3-4)9(15)16/h1-3,7,13H,(H,12,14)(H,15,16). The van der Waals surface area contributed by atoms with Crippen LogP contribution in [-0.2, 0) is 4.79 Å². The summed E-state index contributed by atoms with van der Waals surface area (Å²) in [4.78, 5) is 21.2. The molecule has 0 radical (unpaired) electrons. The van der Waals surface area contributed by atoms with Crippen LogP contribution in [0.2, 0.25) is 0 Å². The highest BCUT2D eigenvalue weighted by Gasteiger charge is 2.16. The van der Waals surface area contributed by atoms with Crippen LogP contribution in [0.1, 0.15) is 10.4 Å². The number of aromatic hydroxyl groups is 1. The fourth-order valence-electron chi connectivity index (χ4n) is 0.982. The quantitative estimate of drug-likeness (QED) is 0.684. The second-order valence-corrected chi connectivity index (χ2v) is 2.83. The van der Waals surface area contributed by atoms with Crippen molar-refractivity contribution >= 4 is 17.6 Å². The van der Waals surface area contributed by atoms with Gasteiger partial charge in [-0.3, -0.25) is 4.79 Å².